The fourth-order valence-electron chi connectivity index (χ4n) is 0.930. The predicted octanol–water partition coefficient (Wildman–Crippen LogP) is 2.51. The largest absolute Gasteiger partial charge is 0.497 e. The van der Waals surface area contributed by atoms with E-state index in [4.69, 9.17) is 10.00 Å². The third-order valence-electron chi connectivity index (χ3n) is 1.42. The second-order valence-electron chi connectivity index (χ2n) is 2.35. The average Bonchev–Trinajstić information content (AvgIpc) is 2.03. The Morgan fingerprint density at radius 1 is 1.33 bits per heavy atom. The second kappa shape index (κ2) is 4.40. The van der Waals surface area contributed by atoms with E-state index in [0.29, 0.717) is 5.56 Å². The Kier molecular flexibility index (Phi) is 3.85. The lowest BCUT2D eigenvalue weighted by Crippen LogP contribution is -1.85. The van der Waals surface area contributed by atoms with E-state index in [9.17, 15) is 0 Å². The van der Waals surface area contributed by atoms with Gasteiger partial charge >= 0.3 is 0 Å². The number of nitrogens with zero attached hydrogens (tertiary/aromatic N) is 1. The number of nitriles is 1. The Bertz CT molecular complexity index is 299. The number of benzene rings is 1. The molecule has 1 rings (SSSR count). The maximum absolute atomic E-state index is 8.58. The van der Waals surface area contributed by atoms with E-state index in [0.717, 1.165) is 11.3 Å². The maximum atomic E-state index is 8.58. The van der Waals surface area contributed by atoms with Gasteiger partial charge in [0.25, 0.3) is 0 Å². The Hall–Kier alpha value is -1.49. The van der Waals surface area contributed by atoms with Crippen LogP contribution in [-0.4, -0.2) is 7.11 Å². The van der Waals surface area contributed by atoms with Gasteiger partial charge in [-0.15, -0.1) is 0 Å². The van der Waals surface area contributed by atoms with Crippen LogP contribution >= 0.6 is 0 Å². The minimum absolute atomic E-state index is 0. The first-order valence-electron chi connectivity index (χ1n) is 3.32. The SMILES string of the molecule is C.COc1cc(C)cc(C#N)c1. The average molecular weight is 163 g/mol. The van der Waals surface area contributed by atoms with Crippen molar-refractivity contribution in [2.24, 2.45) is 0 Å². The molecule has 0 spiro atoms. The Labute approximate surface area is 73.4 Å². The molecule has 2 heteroatoms. The molecule has 0 bridgehead atoms. The van der Waals surface area contributed by atoms with Gasteiger partial charge in [-0.05, 0) is 30.7 Å². The highest BCUT2D eigenvalue weighted by molar-refractivity contribution is 5.40. The fraction of sp³-hybridized carbons (Fsp3) is 0.300. The van der Waals surface area contributed by atoms with Gasteiger partial charge in [-0.3, -0.25) is 0 Å². The van der Waals surface area contributed by atoms with Gasteiger partial charge < -0.3 is 4.74 Å². The Balaban J connectivity index is 0.00000121. The minimum atomic E-state index is 0. The molecule has 1 aromatic rings. The molecule has 2 nitrogen and oxygen atoms in total. The van der Waals surface area contributed by atoms with Crippen molar-refractivity contribution in [1.82, 2.24) is 0 Å². The van der Waals surface area contributed by atoms with Crippen LogP contribution < -0.4 is 4.74 Å². The Morgan fingerprint density at radius 2 is 2.00 bits per heavy atom. The standard InChI is InChI=1S/C9H9NO.CH4/c1-7-3-8(6-10)5-9(4-7)11-2;/h3-5H,1-2H3;1H4. The molecule has 0 aromatic heterocycles. The van der Waals surface area contributed by atoms with Crippen LogP contribution in [0, 0.1) is 18.3 Å². The van der Waals surface area contributed by atoms with Crippen molar-refractivity contribution in [2.45, 2.75) is 14.4 Å². The first-order chi connectivity index (χ1) is 5.26. The summed E-state index contributed by atoms with van der Waals surface area (Å²) in [6.45, 7) is 1.93. The zero-order chi connectivity index (χ0) is 8.27. The molecule has 0 unspecified atom stereocenters. The van der Waals surface area contributed by atoms with Crippen LogP contribution in [0.3, 0.4) is 0 Å². The molecule has 0 amide bonds. The highest BCUT2D eigenvalue weighted by atomic mass is 16.5. The predicted molar refractivity (Wildman–Crippen MR) is 49.2 cm³/mol. The molecule has 0 heterocycles. The lowest BCUT2D eigenvalue weighted by Gasteiger charge is -2.00. The molecule has 0 saturated heterocycles. The number of rotatable bonds is 1. The van der Waals surface area contributed by atoms with E-state index in [1.54, 1.807) is 13.2 Å². The number of ether oxygens (including phenoxy) is 1. The van der Waals surface area contributed by atoms with Crippen molar-refractivity contribution >= 4 is 0 Å². The second-order valence-corrected chi connectivity index (χ2v) is 2.35. The first kappa shape index (κ1) is 10.5. The summed E-state index contributed by atoms with van der Waals surface area (Å²) in [4.78, 5) is 0. The van der Waals surface area contributed by atoms with Crippen LogP contribution in [0.2, 0.25) is 0 Å². The fourth-order valence-corrected chi connectivity index (χ4v) is 0.930. The molecule has 0 aliphatic heterocycles. The van der Waals surface area contributed by atoms with Gasteiger partial charge in [-0.1, -0.05) is 7.43 Å². The molecular weight excluding hydrogens is 150 g/mol. The summed E-state index contributed by atoms with van der Waals surface area (Å²) >= 11 is 0. The molecule has 12 heavy (non-hydrogen) atoms. The normalized spacial score (nSPS) is 8.08. The molecule has 0 fully saturated rings. The van der Waals surface area contributed by atoms with E-state index in [-0.39, 0.29) is 7.43 Å². The number of hydrogen-bond acceptors (Lipinski definition) is 2. The van der Waals surface area contributed by atoms with Crippen LogP contribution in [0.25, 0.3) is 0 Å². The van der Waals surface area contributed by atoms with Crippen LogP contribution in [0.15, 0.2) is 18.2 Å². The number of aryl methyl sites for hydroxylation is 1. The van der Waals surface area contributed by atoms with Crippen molar-refractivity contribution in [2.75, 3.05) is 7.11 Å². The lowest BCUT2D eigenvalue weighted by molar-refractivity contribution is 0.414. The summed E-state index contributed by atoms with van der Waals surface area (Å²) in [5, 5.41) is 8.58. The van der Waals surface area contributed by atoms with Gasteiger partial charge in [0.05, 0.1) is 18.7 Å². The van der Waals surface area contributed by atoms with Crippen molar-refractivity contribution < 1.29 is 4.74 Å². The van der Waals surface area contributed by atoms with Gasteiger partial charge in [0.2, 0.25) is 0 Å². The van der Waals surface area contributed by atoms with E-state index >= 15 is 0 Å². The number of hydrogen-bond donors (Lipinski definition) is 0. The first-order valence-corrected chi connectivity index (χ1v) is 3.32. The molecule has 0 N–H and O–H groups in total. The molecular formula is C10H13NO. The summed E-state index contributed by atoms with van der Waals surface area (Å²) in [5.41, 5.74) is 1.68. The third kappa shape index (κ3) is 2.28. The van der Waals surface area contributed by atoms with Crippen LogP contribution in [0.1, 0.15) is 18.6 Å². The van der Waals surface area contributed by atoms with E-state index < -0.39 is 0 Å². The van der Waals surface area contributed by atoms with Gasteiger partial charge in [0.15, 0.2) is 0 Å². The van der Waals surface area contributed by atoms with Crippen LogP contribution in [0.5, 0.6) is 5.75 Å². The van der Waals surface area contributed by atoms with Gasteiger partial charge in [0, 0.05) is 0 Å². The molecule has 0 saturated carbocycles. The molecule has 64 valence electrons. The van der Waals surface area contributed by atoms with E-state index in [1.807, 2.05) is 19.1 Å². The smallest absolute Gasteiger partial charge is 0.120 e. The van der Waals surface area contributed by atoms with Gasteiger partial charge in [-0.25, -0.2) is 0 Å². The topological polar surface area (TPSA) is 33.0 Å². The highest BCUT2D eigenvalue weighted by Crippen LogP contribution is 2.15. The summed E-state index contributed by atoms with van der Waals surface area (Å²) in [7, 11) is 1.59. The van der Waals surface area contributed by atoms with Crippen molar-refractivity contribution in [3.8, 4) is 11.8 Å². The minimum Gasteiger partial charge on any atom is -0.497 e. The highest BCUT2D eigenvalue weighted by Gasteiger charge is 1.95. The molecule has 0 aliphatic rings. The lowest BCUT2D eigenvalue weighted by atomic mass is 10.1. The third-order valence-corrected chi connectivity index (χ3v) is 1.42. The van der Waals surface area contributed by atoms with Crippen molar-refractivity contribution in [1.29, 1.82) is 5.26 Å². The molecule has 0 aliphatic carbocycles. The van der Waals surface area contributed by atoms with E-state index in [1.165, 1.54) is 0 Å². The van der Waals surface area contributed by atoms with Crippen LogP contribution in [-0.2, 0) is 0 Å². The number of methoxy groups -OCH3 is 1. The monoisotopic (exact) mass is 163 g/mol. The van der Waals surface area contributed by atoms with Crippen molar-refractivity contribution in [3.05, 3.63) is 29.3 Å². The van der Waals surface area contributed by atoms with Gasteiger partial charge in [-0.2, -0.15) is 5.26 Å². The molecule has 0 radical (unpaired) electrons. The molecule has 0 atom stereocenters. The summed E-state index contributed by atoms with van der Waals surface area (Å²) in [6.07, 6.45) is 0. The zero-order valence-electron chi connectivity index (χ0n) is 6.59. The van der Waals surface area contributed by atoms with E-state index in [2.05, 4.69) is 6.07 Å². The van der Waals surface area contributed by atoms with Gasteiger partial charge in [0.1, 0.15) is 5.75 Å². The quantitative estimate of drug-likeness (QED) is 0.637. The van der Waals surface area contributed by atoms with Crippen molar-refractivity contribution in [3.63, 3.8) is 0 Å². The summed E-state index contributed by atoms with van der Waals surface area (Å²) < 4.78 is 4.99. The zero-order valence-corrected chi connectivity index (χ0v) is 6.59. The van der Waals surface area contributed by atoms with Crippen LogP contribution in [0.4, 0.5) is 0 Å². The Morgan fingerprint density at radius 3 is 2.50 bits per heavy atom. The maximum Gasteiger partial charge on any atom is 0.120 e. The summed E-state index contributed by atoms with van der Waals surface area (Å²) in [6, 6.07) is 7.49. The summed E-state index contributed by atoms with van der Waals surface area (Å²) in [5.74, 6) is 0.738. The molecule has 1 aromatic carbocycles.